The molecule has 0 unspecified atom stereocenters. The predicted molar refractivity (Wildman–Crippen MR) is 73.5 cm³/mol. The van der Waals surface area contributed by atoms with E-state index < -0.39 is 9.84 Å². The fraction of sp³-hybridized carbons (Fsp3) is 0.500. The minimum Gasteiger partial charge on any atom is -0.371 e. The smallest absolute Gasteiger partial charge is 0.175 e. The Morgan fingerprint density at radius 2 is 1.89 bits per heavy atom. The van der Waals surface area contributed by atoms with Crippen LogP contribution in [-0.4, -0.2) is 27.8 Å². The number of hydrogen-bond acceptors (Lipinski definition) is 5. The SMILES string of the molecule is Cc1c(N2CCCC2)cc(NN)cc1S(C)(=O)=O. The zero-order chi connectivity index (χ0) is 13.3. The molecule has 100 valence electrons. The molecule has 1 heterocycles. The molecule has 1 fully saturated rings. The number of nitrogens with zero attached hydrogens (tertiary/aromatic N) is 1. The zero-order valence-corrected chi connectivity index (χ0v) is 11.5. The van der Waals surface area contributed by atoms with E-state index in [-0.39, 0.29) is 0 Å². The van der Waals surface area contributed by atoms with Gasteiger partial charge in [0, 0.05) is 25.0 Å². The van der Waals surface area contributed by atoms with Gasteiger partial charge >= 0.3 is 0 Å². The van der Waals surface area contributed by atoms with E-state index >= 15 is 0 Å². The molecule has 1 aromatic rings. The van der Waals surface area contributed by atoms with Crippen LogP contribution in [-0.2, 0) is 9.84 Å². The van der Waals surface area contributed by atoms with Gasteiger partial charge in [-0.3, -0.25) is 5.84 Å². The molecule has 3 N–H and O–H groups in total. The summed E-state index contributed by atoms with van der Waals surface area (Å²) in [6, 6.07) is 3.50. The van der Waals surface area contributed by atoms with E-state index in [0.717, 1.165) is 37.2 Å². The number of sulfone groups is 1. The van der Waals surface area contributed by atoms with E-state index in [4.69, 9.17) is 5.84 Å². The highest BCUT2D eigenvalue weighted by Gasteiger charge is 2.20. The maximum Gasteiger partial charge on any atom is 0.175 e. The van der Waals surface area contributed by atoms with Gasteiger partial charge < -0.3 is 10.3 Å². The fourth-order valence-electron chi connectivity index (χ4n) is 2.43. The lowest BCUT2D eigenvalue weighted by Crippen LogP contribution is -2.20. The molecule has 0 aromatic heterocycles. The lowest BCUT2D eigenvalue weighted by molar-refractivity contribution is 0.601. The van der Waals surface area contributed by atoms with Crippen LogP contribution in [0, 0.1) is 6.92 Å². The molecule has 0 saturated carbocycles. The number of nitrogens with one attached hydrogen (secondary N) is 1. The highest BCUT2D eigenvalue weighted by atomic mass is 32.2. The number of hydrazine groups is 1. The predicted octanol–water partition coefficient (Wildman–Crippen LogP) is 1.28. The van der Waals surface area contributed by atoms with Gasteiger partial charge in [-0.1, -0.05) is 0 Å². The Morgan fingerprint density at radius 1 is 1.28 bits per heavy atom. The van der Waals surface area contributed by atoms with Crippen molar-refractivity contribution in [2.24, 2.45) is 5.84 Å². The lowest BCUT2D eigenvalue weighted by Gasteiger charge is -2.22. The summed E-state index contributed by atoms with van der Waals surface area (Å²) in [6.07, 6.45) is 3.52. The maximum absolute atomic E-state index is 11.8. The Morgan fingerprint density at radius 3 is 2.39 bits per heavy atom. The quantitative estimate of drug-likeness (QED) is 0.638. The molecule has 0 spiro atoms. The first-order valence-electron chi connectivity index (χ1n) is 6.00. The second kappa shape index (κ2) is 4.78. The summed E-state index contributed by atoms with van der Waals surface area (Å²) in [5.74, 6) is 5.42. The summed E-state index contributed by atoms with van der Waals surface area (Å²) in [6.45, 7) is 3.79. The molecule has 0 bridgehead atoms. The van der Waals surface area contributed by atoms with Crippen molar-refractivity contribution >= 4 is 21.2 Å². The molecule has 1 aromatic carbocycles. The van der Waals surface area contributed by atoms with Crippen molar-refractivity contribution in [2.75, 3.05) is 29.7 Å². The molecule has 1 saturated heterocycles. The number of benzene rings is 1. The number of nitrogen functional groups attached to an aromatic ring is 1. The van der Waals surface area contributed by atoms with Crippen LogP contribution in [0.1, 0.15) is 18.4 Å². The van der Waals surface area contributed by atoms with E-state index in [1.54, 1.807) is 6.07 Å². The Bertz CT molecular complexity index is 549. The molecule has 18 heavy (non-hydrogen) atoms. The van der Waals surface area contributed by atoms with Crippen LogP contribution in [0.15, 0.2) is 17.0 Å². The molecule has 5 nitrogen and oxygen atoms in total. The topological polar surface area (TPSA) is 75.4 Å². The van der Waals surface area contributed by atoms with Crippen LogP contribution >= 0.6 is 0 Å². The summed E-state index contributed by atoms with van der Waals surface area (Å²) in [7, 11) is -3.24. The van der Waals surface area contributed by atoms with E-state index in [2.05, 4.69) is 10.3 Å². The van der Waals surface area contributed by atoms with Gasteiger partial charge in [-0.25, -0.2) is 8.42 Å². The second-order valence-electron chi connectivity index (χ2n) is 4.73. The van der Waals surface area contributed by atoms with Crippen LogP contribution in [0.4, 0.5) is 11.4 Å². The molecule has 1 aliphatic rings. The van der Waals surface area contributed by atoms with Crippen molar-refractivity contribution < 1.29 is 8.42 Å². The van der Waals surface area contributed by atoms with Gasteiger partial charge in [-0.05, 0) is 37.5 Å². The van der Waals surface area contributed by atoms with Crippen molar-refractivity contribution in [1.82, 2.24) is 0 Å². The van der Waals surface area contributed by atoms with Crippen LogP contribution < -0.4 is 16.2 Å². The first kappa shape index (κ1) is 13.2. The Balaban J connectivity index is 2.58. The Kier molecular flexibility index (Phi) is 3.49. The summed E-state index contributed by atoms with van der Waals surface area (Å²) in [5, 5.41) is 0. The largest absolute Gasteiger partial charge is 0.371 e. The molecule has 1 aliphatic heterocycles. The van der Waals surface area contributed by atoms with E-state index in [9.17, 15) is 8.42 Å². The number of rotatable bonds is 3. The lowest BCUT2D eigenvalue weighted by atomic mass is 10.1. The third-order valence-corrected chi connectivity index (χ3v) is 4.57. The highest BCUT2D eigenvalue weighted by Crippen LogP contribution is 2.32. The van der Waals surface area contributed by atoms with Gasteiger partial charge in [0.05, 0.1) is 10.6 Å². The molecule has 2 rings (SSSR count). The van der Waals surface area contributed by atoms with Crippen molar-refractivity contribution in [1.29, 1.82) is 0 Å². The molecule has 0 atom stereocenters. The maximum atomic E-state index is 11.8. The molecule has 0 radical (unpaired) electrons. The number of nitrogens with two attached hydrogens (primary N) is 1. The summed E-state index contributed by atoms with van der Waals surface area (Å²) < 4.78 is 23.6. The molecular formula is C12H19N3O2S. The van der Waals surface area contributed by atoms with E-state index in [1.165, 1.54) is 6.26 Å². The van der Waals surface area contributed by atoms with Crippen LogP contribution in [0.25, 0.3) is 0 Å². The van der Waals surface area contributed by atoms with Crippen molar-refractivity contribution in [3.63, 3.8) is 0 Å². The van der Waals surface area contributed by atoms with Crippen LogP contribution in [0.5, 0.6) is 0 Å². The Hall–Kier alpha value is -1.27. The second-order valence-corrected chi connectivity index (χ2v) is 6.71. The highest BCUT2D eigenvalue weighted by molar-refractivity contribution is 7.90. The average Bonchev–Trinajstić information content (AvgIpc) is 2.81. The molecule has 0 amide bonds. The normalized spacial score (nSPS) is 16.1. The van der Waals surface area contributed by atoms with E-state index in [0.29, 0.717) is 10.6 Å². The molecule has 6 heteroatoms. The molecular weight excluding hydrogens is 250 g/mol. The number of hydrogen-bond donors (Lipinski definition) is 2. The standard InChI is InChI=1S/C12H19N3O2S/c1-9-11(15-5-3-4-6-15)7-10(14-13)8-12(9)18(2,16)17/h7-8,14H,3-6,13H2,1-2H3. The first-order valence-corrected chi connectivity index (χ1v) is 7.89. The monoisotopic (exact) mass is 269 g/mol. The third-order valence-electron chi connectivity index (χ3n) is 3.35. The van der Waals surface area contributed by atoms with Gasteiger partial charge in [-0.2, -0.15) is 0 Å². The third kappa shape index (κ3) is 2.44. The summed E-state index contributed by atoms with van der Waals surface area (Å²) >= 11 is 0. The zero-order valence-electron chi connectivity index (χ0n) is 10.7. The summed E-state index contributed by atoms with van der Waals surface area (Å²) in [4.78, 5) is 2.56. The van der Waals surface area contributed by atoms with Gasteiger partial charge in [0.15, 0.2) is 9.84 Å². The van der Waals surface area contributed by atoms with Gasteiger partial charge in [0.2, 0.25) is 0 Å². The Labute approximate surface area is 108 Å². The minimum atomic E-state index is -3.24. The minimum absolute atomic E-state index is 0.347. The van der Waals surface area contributed by atoms with Gasteiger partial charge in [0.25, 0.3) is 0 Å². The van der Waals surface area contributed by atoms with Gasteiger partial charge in [-0.15, -0.1) is 0 Å². The fourth-order valence-corrected chi connectivity index (χ4v) is 3.43. The summed E-state index contributed by atoms with van der Waals surface area (Å²) in [5.41, 5.74) is 4.93. The number of anilines is 2. The van der Waals surface area contributed by atoms with Crippen LogP contribution in [0.3, 0.4) is 0 Å². The van der Waals surface area contributed by atoms with Crippen molar-refractivity contribution in [3.05, 3.63) is 17.7 Å². The molecule has 0 aliphatic carbocycles. The van der Waals surface area contributed by atoms with Crippen molar-refractivity contribution in [3.8, 4) is 0 Å². The average molecular weight is 269 g/mol. The van der Waals surface area contributed by atoms with Crippen LogP contribution in [0.2, 0.25) is 0 Å². The van der Waals surface area contributed by atoms with E-state index in [1.807, 2.05) is 13.0 Å². The van der Waals surface area contributed by atoms with Crippen molar-refractivity contribution in [2.45, 2.75) is 24.7 Å². The van der Waals surface area contributed by atoms with Gasteiger partial charge in [0.1, 0.15) is 0 Å². The first-order chi connectivity index (χ1) is 8.43.